The van der Waals surface area contributed by atoms with Gasteiger partial charge in [0.1, 0.15) is 5.75 Å². The molecule has 0 bridgehead atoms. The van der Waals surface area contributed by atoms with E-state index in [2.05, 4.69) is 6.07 Å². The average molecular weight is 327 g/mol. The number of nitrogens with zero attached hydrogens (tertiary/aromatic N) is 1. The second-order valence-corrected chi connectivity index (χ2v) is 4.78. The Labute approximate surface area is 140 Å². The Balaban J connectivity index is 2.24. The summed E-state index contributed by atoms with van der Waals surface area (Å²) < 4.78 is 21.0. The first-order chi connectivity index (χ1) is 11.6. The van der Waals surface area contributed by atoms with Crippen molar-refractivity contribution in [3.63, 3.8) is 0 Å². The van der Waals surface area contributed by atoms with E-state index in [0.29, 0.717) is 29.4 Å². The average Bonchev–Trinajstić information content (AvgIpc) is 2.62. The molecule has 0 saturated heterocycles. The Hall–Kier alpha value is -3.20. The number of benzene rings is 2. The maximum absolute atomic E-state index is 12.3. The van der Waals surface area contributed by atoms with Crippen molar-refractivity contribution in [1.82, 2.24) is 0 Å². The Morgan fingerprint density at radius 3 is 2.04 bits per heavy atom. The molecule has 124 valence electrons. The molecular formula is C18H17NO5. The van der Waals surface area contributed by atoms with Crippen LogP contribution in [0.1, 0.15) is 15.9 Å². The molecule has 6 nitrogen and oxygen atoms in total. The van der Waals surface area contributed by atoms with Gasteiger partial charge < -0.3 is 18.9 Å². The molecule has 2 rings (SSSR count). The van der Waals surface area contributed by atoms with Gasteiger partial charge in [0, 0.05) is 0 Å². The van der Waals surface area contributed by atoms with Crippen molar-refractivity contribution in [3.05, 3.63) is 47.5 Å². The van der Waals surface area contributed by atoms with Gasteiger partial charge in [0.25, 0.3) is 0 Å². The molecule has 0 radical (unpaired) electrons. The Kier molecular flexibility index (Phi) is 5.63. The van der Waals surface area contributed by atoms with E-state index in [4.69, 9.17) is 24.2 Å². The van der Waals surface area contributed by atoms with E-state index in [1.807, 2.05) is 0 Å². The minimum absolute atomic E-state index is 0.269. The normalized spacial score (nSPS) is 9.75. The van der Waals surface area contributed by atoms with Gasteiger partial charge in [-0.1, -0.05) is 12.1 Å². The van der Waals surface area contributed by atoms with E-state index in [0.717, 1.165) is 5.56 Å². The zero-order chi connectivity index (χ0) is 17.5. The first-order valence-corrected chi connectivity index (χ1v) is 7.11. The summed E-state index contributed by atoms with van der Waals surface area (Å²) in [7, 11) is 4.43. The van der Waals surface area contributed by atoms with Crippen LogP contribution in [-0.2, 0) is 6.42 Å². The molecule has 0 heterocycles. The summed E-state index contributed by atoms with van der Waals surface area (Å²) in [5.74, 6) is 0.969. The minimum Gasteiger partial charge on any atom is -0.493 e. The molecule has 0 atom stereocenters. The summed E-state index contributed by atoms with van der Waals surface area (Å²) in [6.07, 6.45) is 0.307. The van der Waals surface area contributed by atoms with Crippen molar-refractivity contribution in [2.75, 3.05) is 21.3 Å². The quantitative estimate of drug-likeness (QED) is 0.599. The maximum Gasteiger partial charge on any atom is 0.343 e. The van der Waals surface area contributed by atoms with Gasteiger partial charge in [-0.05, 0) is 29.8 Å². The van der Waals surface area contributed by atoms with Gasteiger partial charge in [0.15, 0.2) is 11.5 Å². The highest BCUT2D eigenvalue weighted by molar-refractivity contribution is 5.92. The minimum atomic E-state index is -0.553. The van der Waals surface area contributed by atoms with Crippen molar-refractivity contribution in [2.24, 2.45) is 0 Å². The van der Waals surface area contributed by atoms with Gasteiger partial charge in [-0.15, -0.1) is 0 Å². The third-order valence-electron chi connectivity index (χ3n) is 3.32. The summed E-state index contributed by atoms with van der Waals surface area (Å²) in [5.41, 5.74) is 1.12. The van der Waals surface area contributed by atoms with Crippen LogP contribution in [0.25, 0.3) is 0 Å². The van der Waals surface area contributed by atoms with Gasteiger partial charge in [0.2, 0.25) is 5.75 Å². The number of carbonyl (C=O) groups is 1. The van der Waals surface area contributed by atoms with Crippen molar-refractivity contribution in [3.8, 4) is 29.1 Å². The molecular weight excluding hydrogens is 310 g/mol. The lowest BCUT2D eigenvalue weighted by Crippen LogP contribution is -2.09. The molecule has 0 unspecified atom stereocenters. The third-order valence-corrected chi connectivity index (χ3v) is 3.32. The molecule has 0 aliphatic rings. The molecule has 0 aliphatic carbocycles. The topological polar surface area (TPSA) is 77.8 Å². The third kappa shape index (κ3) is 3.76. The Morgan fingerprint density at radius 1 is 1.00 bits per heavy atom. The van der Waals surface area contributed by atoms with E-state index in [-0.39, 0.29) is 5.56 Å². The van der Waals surface area contributed by atoms with Crippen molar-refractivity contribution < 1.29 is 23.7 Å². The number of carbonyl (C=O) groups excluding carboxylic acids is 1. The highest BCUT2D eigenvalue weighted by Crippen LogP contribution is 2.38. The van der Waals surface area contributed by atoms with E-state index >= 15 is 0 Å². The summed E-state index contributed by atoms with van der Waals surface area (Å²) >= 11 is 0. The summed E-state index contributed by atoms with van der Waals surface area (Å²) in [6, 6.07) is 11.9. The first-order valence-electron chi connectivity index (χ1n) is 7.11. The van der Waals surface area contributed by atoms with Gasteiger partial charge in [0.05, 0.1) is 39.4 Å². The van der Waals surface area contributed by atoms with Gasteiger partial charge in [-0.2, -0.15) is 5.26 Å². The smallest absolute Gasteiger partial charge is 0.343 e. The van der Waals surface area contributed by atoms with Crippen molar-refractivity contribution in [1.29, 1.82) is 5.26 Å². The van der Waals surface area contributed by atoms with E-state index in [1.165, 1.54) is 33.5 Å². The first kappa shape index (κ1) is 17.2. The maximum atomic E-state index is 12.3. The molecule has 0 spiro atoms. The molecule has 6 heteroatoms. The number of rotatable bonds is 6. The summed E-state index contributed by atoms with van der Waals surface area (Å²) in [4.78, 5) is 12.3. The van der Waals surface area contributed by atoms with Crippen LogP contribution in [0.2, 0.25) is 0 Å². The largest absolute Gasteiger partial charge is 0.493 e. The number of hydrogen-bond donors (Lipinski definition) is 0. The lowest BCUT2D eigenvalue weighted by molar-refractivity contribution is 0.0734. The number of nitriles is 1. The van der Waals surface area contributed by atoms with Crippen LogP contribution in [0.15, 0.2) is 36.4 Å². The van der Waals surface area contributed by atoms with E-state index in [1.54, 1.807) is 24.3 Å². The highest BCUT2D eigenvalue weighted by Gasteiger charge is 2.18. The van der Waals surface area contributed by atoms with Gasteiger partial charge >= 0.3 is 5.97 Å². The summed E-state index contributed by atoms with van der Waals surface area (Å²) in [6.45, 7) is 0. The Morgan fingerprint density at radius 2 is 1.58 bits per heavy atom. The number of esters is 1. The predicted molar refractivity (Wildman–Crippen MR) is 86.8 cm³/mol. The zero-order valence-corrected chi connectivity index (χ0v) is 13.7. The van der Waals surface area contributed by atoms with Crippen LogP contribution in [0.3, 0.4) is 0 Å². The van der Waals surface area contributed by atoms with Gasteiger partial charge in [-0.25, -0.2) is 4.79 Å². The predicted octanol–water partition coefficient (Wildman–Crippen LogP) is 3.00. The Bertz CT molecular complexity index is 737. The van der Waals surface area contributed by atoms with Crippen LogP contribution in [0, 0.1) is 11.3 Å². The standard InChI is InChI=1S/C18H17NO5/c1-21-15-10-13(11-16(22-2)17(15)23-3)18(20)24-14-6-4-12(5-7-14)8-9-19/h4-7,10-11H,8H2,1-3H3. The summed E-state index contributed by atoms with van der Waals surface area (Å²) in [5, 5.41) is 8.66. The molecule has 0 N–H and O–H groups in total. The second kappa shape index (κ2) is 7.88. The fourth-order valence-electron chi connectivity index (χ4n) is 2.13. The molecule has 0 saturated carbocycles. The highest BCUT2D eigenvalue weighted by atomic mass is 16.5. The van der Waals surface area contributed by atoms with Crippen LogP contribution in [0.5, 0.6) is 23.0 Å². The molecule has 0 aliphatic heterocycles. The molecule has 0 amide bonds. The van der Waals surface area contributed by atoms with Crippen molar-refractivity contribution in [2.45, 2.75) is 6.42 Å². The van der Waals surface area contributed by atoms with E-state index < -0.39 is 5.97 Å². The zero-order valence-electron chi connectivity index (χ0n) is 13.7. The second-order valence-electron chi connectivity index (χ2n) is 4.78. The van der Waals surface area contributed by atoms with Gasteiger partial charge in [-0.3, -0.25) is 0 Å². The van der Waals surface area contributed by atoms with Crippen LogP contribution in [0.4, 0.5) is 0 Å². The van der Waals surface area contributed by atoms with E-state index in [9.17, 15) is 4.79 Å². The fraction of sp³-hybridized carbons (Fsp3) is 0.222. The SMILES string of the molecule is COc1cc(C(=O)Oc2ccc(CC#N)cc2)cc(OC)c1OC. The van der Waals surface area contributed by atoms with Crippen LogP contribution < -0.4 is 18.9 Å². The monoisotopic (exact) mass is 327 g/mol. The number of ether oxygens (including phenoxy) is 4. The number of methoxy groups -OCH3 is 3. The molecule has 2 aromatic carbocycles. The molecule has 2 aromatic rings. The molecule has 0 aromatic heterocycles. The van der Waals surface area contributed by atoms with Crippen LogP contribution >= 0.6 is 0 Å². The van der Waals surface area contributed by atoms with Crippen LogP contribution in [-0.4, -0.2) is 27.3 Å². The fourth-order valence-corrected chi connectivity index (χ4v) is 2.13. The lowest BCUT2D eigenvalue weighted by Gasteiger charge is -2.13. The molecule has 0 fully saturated rings. The number of hydrogen-bond acceptors (Lipinski definition) is 6. The lowest BCUT2D eigenvalue weighted by atomic mass is 10.1. The van der Waals surface area contributed by atoms with Crippen molar-refractivity contribution >= 4 is 5.97 Å². The molecule has 24 heavy (non-hydrogen) atoms.